The van der Waals surface area contributed by atoms with E-state index in [9.17, 15) is 9.90 Å². The Kier molecular flexibility index (Phi) is 4.98. The van der Waals surface area contributed by atoms with Crippen LogP contribution in [-0.4, -0.2) is 35.5 Å². The highest BCUT2D eigenvalue weighted by molar-refractivity contribution is 7.09. The van der Waals surface area contributed by atoms with Gasteiger partial charge in [-0.3, -0.25) is 9.69 Å². The minimum atomic E-state index is 0.0689. The third-order valence-corrected chi connectivity index (χ3v) is 5.17. The minimum absolute atomic E-state index is 0.0689. The van der Waals surface area contributed by atoms with Crippen molar-refractivity contribution in [2.24, 2.45) is 0 Å². The second kappa shape index (κ2) is 7.15. The van der Waals surface area contributed by atoms with E-state index < -0.39 is 0 Å². The van der Waals surface area contributed by atoms with Crippen molar-refractivity contribution in [1.82, 2.24) is 10.2 Å². The van der Waals surface area contributed by atoms with Crippen LogP contribution in [0.2, 0.25) is 0 Å². The number of carbonyl (C=O) groups is 1. The van der Waals surface area contributed by atoms with Crippen molar-refractivity contribution >= 4 is 17.2 Å². The van der Waals surface area contributed by atoms with E-state index in [-0.39, 0.29) is 5.91 Å². The largest absolute Gasteiger partial charge is 0.508 e. The maximum Gasteiger partial charge on any atom is 0.234 e. The number of phenolic OH excluding ortho intramolecular Hbond substituents is 1. The van der Waals surface area contributed by atoms with Crippen LogP contribution in [0.25, 0.3) is 0 Å². The van der Waals surface area contributed by atoms with E-state index in [1.807, 2.05) is 29.6 Å². The summed E-state index contributed by atoms with van der Waals surface area (Å²) < 4.78 is 0. The Morgan fingerprint density at radius 1 is 1.43 bits per heavy atom. The van der Waals surface area contributed by atoms with Crippen molar-refractivity contribution in [3.63, 3.8) is 0 Å². The standard InChI is InChI=1S/C18H22N2O2S/c1-13-11-20(7-6-14-4-5-15(21)9-17(13)14)12-18(22)19-10-16-3-2-8-23-16/h2-5,8-9,13,21H,6-7,10-12H2,1H3,(H,19,22). The Bertz CT molecular complexity index is 670. The molecule has 0 spiro atoms. The van der Waals surface area contributed by atoms with Gasteiger partial charge in [-0.25, -0.2) is 0 Å². The molecule has 1 atom stereocenters. The zero-order chi connectivity index (χ0) is 16.2. The van der Waals surface area contributed by atoms with Gasteiger partial charge in [0.05, 0.1) is 13.1 Å². The van der Waals surface area contributed by atoms with Gasteiger partial charge in [-0.05, 0) is 47.0 Å². The summed E-state index contributed by atoms with van der Waals surface area (Å²) in [5.41, 5.74) is 2.48. The van der Waals surface area contributed by atoms with Crippen molar-refractivity contribution < 1.29 is 9.90 Å². The molecular weight excluding hydrogens is 308 g/mol. The number of hydrogen-bond donors (Lipinski definition) is 2. The lowest BCUT2D eigenvalue weighted by Crippen LogP contribution is -2.38. The Hall–Kier alpha value is -1.85. The molecule has 5 heteroatoms. The summed E-state index contributed by atoms with van der Waals surface area (Å²) in [6.07, 6.45) is 0.915. The number of carbonyl (C=O) groups excluding carboxylic acids is 1. The number of thiophene rings is 1. The van der Waals surface area contributed by atoms with Crippen molar-refractivity contribution in [2.45, 2.75) is 25.8 Å². The van der Waals surface area contributed by atoms with Crippen molar-refractivity contribution in [2.75, 3.05) is 19.6 Å². The van der Waals surface area contributed by atoms with Crippen LogP contribution in [0.1, 0.15) is 28.8 Å². The fourth-order valence-corrected chi connectivity index (χ4v) is 3.77. The summed E-state index contributed by atoms with van der Waals surface area (Å²) in [5, 5.41) is 14.7. The number of benzene rings is 1. The van der Waals surface area contributed by atoms with E-state index in [1.54, 1.807) is 17.4 Å². The van der Waals surface area contributed by atoms with Gasteiger partial charge in [-0.15, -0.1) is 11.3 Å². The monoisotopic (exact) mass is 330 g/mol. The molecule has 0 bridgehead atoms. The smallest absolute Gasteiger partial charge is 0.234 e. The normalized spacial score (nSPS) is 18.2. The average molecular weight is 330 g/mol. The molecule has 1 unspecified atom stereocenters. The van der Waals surface area contributed by atoms with Crippen molar-refractivity contribution in [3.8, 4) is 5.75 Å². The molecule has 122 valence electrons. The van der Waals surface area contributed by atoms with Crippen LogP contribution in [0.4, 0.5) is 0 Å². The van der Waals surface area contributed by atoms with E-state index in [0.29, 0.717) is 24.8 Å². The molecule has 1 amide bonds. The molecule has 1 aliphatic heterocycles. The van der Waals surface area contributed by atoms with Crippen LogP contribution in [0.3, 0.4) is 0 Å². The number of rotatable bonds is 4. The number of hydrogen-bond acceptors (Lipinski definition) is 4. The lowest BCUT2D eigenvalue weighted by atomic mass is 9.95. The van der Waals surface area contributed by atoms with Crippen LogP contribution in [0.15, 0.2) is 35.7 Å². The molecule has 2 N–H and O–H groups in total. The highest BCUT2D eigenvalue weighted by Crippen LogP contribution is 2.28. The first-order valence-corrected chi connectivity index (χ1v) is 8.83. The summed E-state index contributed by atoms with van der Waals surface area (Å²) in [7, 11) is 0. The molecule has 0 aliphatic carbocycles. The van der Waals surface area contributed by atoms with Gasteiger partial charge in [0.2, 0.25) is 5.91 Å². The quantitative estimate of drug-likeness (QED) is 0.906. The average Bonchev–Trinajstić information content (AvgIpc) is 2.99. The van der Waals surface area contributed by atoms with E-state index in [1.165, 1.54) is 16.0 Å². The molecule has 3 rings (SSSR count). The summed E-state index contributed by atoms with van der Waals surface area (Å²) >= 11 is 1.66. The third kappa shape index (κ3) is 4.12. The number of phenols is 1. The van der Waals surface area contributed by atoms with Crippen LogP contribution >= 0.6 is 11.3 Å². The Morgan fingerprint density at radius 3 is 3.09 bits per heavy atom. The molecule has 4 nitrogen and oxygen atoms in total. The summed E-state index contributed by atoms with van der Waals surface area (Å²) in [5.74, 6) is 0.696. The van der Waals surface area contributed by atoms with E-state index in [4.69, 9.17) is 0 Å². The van der Waals surface area contributed by atoms with Crippen LogP contribution in [0.5, 0.6) is 5.75 Å². The fourth-order valence-electron chi connectivity index (χ4n) is 3.13. The fraction of sp³-hybridized carbons (Fsp3) is 0.389. The first-order valence-electron chi connectivity index (χ1n) is 7.95. The van der Waals surface area contributed by atoms with E-state index >= 15 is 0 Å². The molecule has 2 aromatic rings. The highest BCUT2D eigenvalue weighted by Gasteiger charge is 2.21. The van der Waals surface area contributed by atoms with Gasteiger partial charge in [-0.2, -0.15) is 0 Å². The lowest BCUT2D eigenvalue weighted by molar-refractivity contribution is -0.122. The molecule has 0 fully saturated rings. The number of aromatic hydroxyl groups is 1. The van der Waals surface area contributed by atoms with Gasteiger partial charge in [0, 0.05) is 18.0 Å². The maximum atomic E-state index is 12.2. The van der Waals surface area contributed by atoms with Gasteiger partial charge >= 0.3 is 0 Å². The molecule has 2 heterocycles. The minimum Gasteiger partial charge on any atom is -0.508 e. The molecule has 0 saturated heterocycles. The van der Waals surface area contributed by atoms with Gasteiger partial charge in [0.1, 0.15) is 5.75 Å². The SMILES string of the molecule is CC1CN(CC(=O)NCc2cccs2)CCc2ccc(O)cc21. The number of nitrogens with one attached hydrogen (secondary N) is 1. The maximum absolute atomic E-state index is 12.2. The van der Waals surface area contributed by atoms with Gasteiger partial charge in [0.15, 0.2) is 0 Å². The first kappa shape index (κ1) is 16.0. The summed E-state index contributed by atoms with van der Waals surface area (Å²) in [4.78, 5) is 15.5. The molecule has 1 aromatic heterocycles. The van der Waals surface area contributed by atoms with Crippen LogP contribution in [-0.2, 0) is 17.8 Å². The molecule has 1 aromatic carbocycles. The molecule has 0 saturated carbocycles. The zero-order valence-corrected chi connectivity index (χ0v) is 14.1. The molecule has 1 aliphatic rings. The van der Waals surface area contributed by atoms with Crippen LogP contribution in [0, 0.1) is 0 Å². The Balaban J connectivity index is 1.57. The summed E-state index contributed by atoms with van der Waals surface area (Å²) in [6.45, 7) is 4.89. The number of amides is 1. The second-order valence-corrected chi connectivity index (χ2v) is 7.16. The first-order chi connectivity index (χ1) is 11.1. The van der Waals surface area contributed by atoms with Gasteiger partial charge < -0.3 is 10.4 Å². The Labute approximate surface area is 140 Å². The zero-order valence-electron chi connectivity index (χ0n) is 13.3. The van der Waals surface area contributed by atoms with Gasteiger partial charge in [0.25, 0.3) is 0 Å². The number of fused-ring (bicyclic) bond motifs is 1. The Morgan fingerprint density at radius 2 is 2.30 bits per heavy atom. The predicted molar refractivity (Wildman–Crippen MR) is 92.8 cm³/mol. The van der Waals surface area contributed by atoms with Gasteiger partial charge in [-0.1, -0.05) is 19.1 Å². The van der Waals surface area contributed by atoms with Crippen LogP contribution < -0.4 is 5.32 Å². The second-order valence-electron chi connectivity index (χ2n) is 6.13. The molecule has 0 radical (unpaired) electrons. The predicted octanol–water partition coefficient (Wildman–Crippen LogP) is 2.73. The lowest BCUT2D eigenvalue weighted by Gasteiger charge is -2.22. The van der Waals surface area contributed by atoms with Crippen molar-refractivity contribution in [3.05, 3.63) is 51.7 Å². The topological polar surface area (TPSA) is 52.6 Å². The highest BCUT2D eigenvalue weighted by atomic mass is 32.1. The van der Waals surface area contributed by atoms with E-state index in [0.717, 1.165) is 19.5 Å². The van der Waals surface area contributed by atoms with E-state index in [2.05, 4.69) is 17.1 Å². The van der Waals surface area contributed by atoms with Crippen molar-refractivity contribution in [1.29, 1.82) is 0 Å². The summed E-state index contributed by atoms with van der Waals surface area (Å²) in [6, 6.07) is 9.63. The molecule has 23 heavy (non-hydrogen) atoms. The number of nitrogens with zero attached hydrogens (tertiary/aromatic N) is 1. The molecular formula is C18H22N2O2S. The third-order valence-electron chi connectivity index (χ3n) is 4.30.